The molecule has 1 aromatic carbocycles. The normalized spacial score (nSPS) is 10.0. The number of urea groups is 1. The Morgan fingerprint density at radius 3 is 2.73 bits per heavy atom. The molecule has 136 valence electrons. The molecule has 7 heteroatoms. The van der Waals surface area contributed by atoms with Crippen molar-refractivity contribution in [2.45, 2.75) is 20.1 Å². The maximum atomic E-state index is 11.9. The molecule has 0 radical (unpaired) electrons. The first-order chi connectivity index (χ1) is 12.7. The van der Waals surface area contributed by atoms with Gasteiger partial charge in [-0.2, -0.15) is 5.26 Å². The van der Waals surface area contributed by atoms with Crippen LogP contribution in [0.5, 0.6) is 0 Å². The number of hydrogen-bond acceptors (Lipinski definition) is 5. The lowest BCUT2D eigenvalue weighted by molar-refractivity contribution is 0.133. The molecule has 0 unspecified atom stereocenters. The van der Waals surface area contributed by atoms with Gasteiger partial charge in [0, 0.05) is 32.4 Å². The van der Waals surface area contributed by atoms with Crippen molar-refractivity contribution in [3.05, 3.63) is 59.3 Å². The molecule has 1 heterocycles. The number of carbonyl (C=O) groups is 1. The minimum atomic E-state index is -0.250. The van der Waals surface area contributed by atoms with Gasteiger partial charge in [-0.25, -0.2) is 9.78 Å². The Kier molecular flexibility index (Phi) is 7.90. The molecule has 0 saturated carbocycles. The SMILES string of the molecule is CCOCc1ccccc1CNC(=O)NCCNc1ncccc1C#N. The highest BCUT2D eigenvalue weighted by molar-refractivity contribution is 5.73. The summed E-state index contributed by atoms with van der Waals surface area (Å²) in [7, 11) is 0. The fourth-order valence-electron chi connectivity index (χ4n) is 2.31. The topological polar surface area (TPSA) is 99.1 Å². The number of rotatable bonds is 9. The molecule has 2 rings (SSSR count). The minimum Gasteiger partial charge on any atom is -0.377 e. The zero-order valence-electron chi connectivity index (χ0n) is 14.8. The molecule has 0 aliphatic rings. The van der Waals surface area contributed by atoms with E-state index in [0.29, 0.717) is 44.2 Å². The first kappa shape index (κ1) is 19.2. The summed E-state index contributed by atoms with van der Waals surface area (Å²) in [6.45, 7) is 4.45. The lowest BCUT2D eigenvalue weighted by Crippen LogP contribution is -2.37. The van der Waals surface area contributed by atoms with Crippen LogP contribution >= 0.6 is 0 Å². The van der Waals surface area contributed by atoms with Crippen LogP contribution in [0.15, 0.2) is 42.6 Å². The van der Waals surface area contributed by atoms with E-state index in [4.69, 9.17) is 10.00 Å². The molecule has 3 N–H and O–H groups in total. The van der Waals surface area contributed by atoms with Gasteiger partial charge in [0.15, 0.2) is 0 Å². The first-order valence-corrected chi connectivity index (χ1v) is 8.49. The van der Waals surface area contributed by atoms with Crippen LogP contribution in [0.2, 0.25) is 0 Å². The van der Waals surface area contributed by atoms with Crippen molar-refractivity contribution in [1.82, 2.24) is 15.6 Å². The lowest BCUT2D eigenvalue weighted by Gasteiger charge is -2.12. The average Bonchev–Trinajstić information content (AvgIpc) is 2.69. The molecule has 0 aliphatic carbocycles. The Labute approximate surface area is 153 Å². The van der Waals surface area contributed by atoms with E-state index in [-0.39, 0.29) is 6.03 Å². The molecule has 0 spiro atoms. The van der Waals surface area contributed by atoms with Gasteiger partial charge in [0.2, 0.25) is 0 Å². The van der Waals surface area contributed by atoms with Gasteiger partial charge in [-0.15, -0.1) is 0 Å². The lowest BCUT2D eigenvalue weighted by atomic mass is 10.1. The summed E-state index contributed by atoms with van der Waals surface area (Å²) in [6, 6.07) is 13.1. The number of hydrogen-bond donors (Lipinski definition) is 3. The molecular formula is C19H23N5O2. The highest BCUT2D eigenvalue weighted by Gasteiger charge is 2.05. The zero-order chi connectivity index (χ0) is 18.6. The van der Waals surface area contributed by atoms with Crippen LogP contribution in [-0.2, 0) is 17.9 Å². The van der Waals surface area contributed by atoms with E-state index < -0.39 is 0 Å². The number of ether oxygens (including phenoxy) is 1. The zero-order valence-corrected chi connectivity index (χ0v) is 14.8. The molecule has 0 saturated heterocycles. The summed E-state index contributed by atoms with van der Waals surface area (Å²) in [5.74, 6) is 0.516. The summed E-state index contributed by atoms with van der Waals surface area (Å²) in [5, 5.41) is 17.6. The fraction of sp³-hybridized carbons (Fsp3) is 0.316. The predicted octanol–water partition coefficient (Wildman–Crippen LogP) is 2.40. The van der Waals surface area contributed by atoms with Gasteiger partial charge in [0.05, 0.1) is 12.2 Å². The van der Waals surface area contributed by atoms with Crippen molar-refractivity contribution in [3.63, 3.8) is 0 Å². The third-order valence-corrected chi connectivity index (χ3v) is 3.65. The molecule has 1 aromatic heterocycles. The second-order valence-corrected chi connectivity index (χ2v) is 5.45. The number of nitrogens with one attached hydrogen (secondary N) is 3. The maximum Gasteiger partial charge on any atom is 0.315 e. The molecular weight excluding hydrogens is 330 g/mol. The summed E-state index contributed by atoms with van der Waals surface area (Å²) >= 11 is 0. The third kappa shape index (κ3) is 6.07. The van der Waals surface area contributed by atoms with Crippen LogP contribution in [0, 0.1) is 11.3 Å². The van der Waals surface area contributed by atoms with Crippen molar-refractivity contribution >= 4 is 11.8 Å². The fourth-order valence-corrected chi connectivity index (χ4v) is 2.31. The molecule has 0 atom stereocenters. The Hall–Kier alpha value is -3.11. The smallest absolute Gasteiger partial charge is 0.315 e. The van der Waals surface area contributed by atoms with Crippen LogP contribution in [0.4, 0.5) is 10.6 Å². The molecule has 0 bridgehead atoms. The molecule has 2 aromatic rings. The van der Waals surface area contributed by atoms with Crippen LogP contribution in [0.1, 0.15) is 23.6 Å². The monoisotopic (exact) mass is 353 g/mol. The number of nitrogens with zero attached hydrogens (tertiary/aromatic N) is 2. The van der Waals surface area contributed by atoms with Crippen molar-refractivity contribution in [1.29, 1.82) is 5.26 Å². The molecule has 26 heavy (non-hydrogen) atoms. The maximum absolute atomic E-state index is 11.9. The Balaban J connectivity index is 1.72. The second kappa shape index (κ2) is 10.7. The Bertz CT molecular complexity index is 758. The van der Waals surface area contributed by atoms with Gasteiger partial charge >= 0.3 is 6.03 Å². The van der Waals surface area contributed by atoms with E-state index in [1.807, 2.05) is 31.2 Å². The van der Waals surface area contributed by atoms with Crippen molar-refractivity contribution in [2.24, 2.45) is 0 Å². The number of carbonyl (C=O) groups excluding carboxylic acids is 1. The van der Waals surface area contributed by atoms with Gasteiger partial charge in [0.25, 0.3) is 0 Å². The van der Waals surface area contributed by atoms with E-state index in [0.717, 1.165) is 11.1 Å². The van der Waals surface area contributed by atoms with Gasteiger partial charge in [0.1, 0.15) is 11.9 Å². The van der Waals surface area contributed by atoms with Crippen molar-refractivity contribution in [3.8, 4) is 6.07 Å². The predicted molar refractivity (Wildman–Crippen MR) is 99.5 cm³/mol. The summed E-state index contributed by atoms with van der Waals surface area (Å²) in [5.41, 5.74) is 2.57. The summed E-state index contributed by atoms with van der Waals surface area (Å²) in [6.07, 6.45) is 1.61. The second-order valence-electron chi connectivity index (χ2n) is 5.45. The molecule has 2 amide bonds. The molecule has 0 aliphatic heterocycles. The quantitative estimate of drug-likeness (QED) is 0.601. The van der Waals surface area contributed by atoms with Crippen molar-refractivity contribution < 1.29 is 9.53 Å². The largest absolute Gasteiger partial charge is 0.377 e. The van der Waals surface area contributed by atoms with Crippen LogP contribution in [0.3, 0.4) is 0 Å². The molecule has 0 fully saturated rings. The number of pyridine rings is 1. The number of benzene rings is 1. The van der Waals surface area contributed by atoms with E-state index >= 15 is 0 Å². The number of aromatic nitrogens is 1. The Morgan fingerprint density at radius 2 is 1.96 bits per heavy atom. The van der Waals surface area contributed by atoms with Crippen LogP contribution < -0.4 is 16.0 Å². The van der Waals surface area contributed by atoms with Crippen molar-refractivity contribution in [2.75, 3.05) is 25.0 Å². The van der Waals surface area contributed by atoms with Gasteiger partial charge in [-0.05, 0) is 30.2 Å². The highest BCUT2D eigenvalue weighted by Crippen LogP contribution is 2.10. The number of amides is 2. The average molecular weight is 353 g/mol. The van der Waals surface area contributed by atoms with Crippen LogP contribution in [0.25, 0.3) is 0 Å². The number of anilines is 1. The van der Waals surface area contributed by atoms with Crippen LogP contribution in [-0.4, -0.2) is 30.7 Å². The van der Waals surface area contributed by atoms with E-state index in [9.17, 15) is 4.79 Å². The summed E-state index contributed by atoms with van der Waals surface area (Å²) in [4.78, 5) is 16.0. The van der Waals surface area contributed by atoms with Gasteiger partial charge in [-0.3, -0.25) is 0 Å². The van der Waals surface area contributed by atoms with E-state index in [1.165, 1.54) is 0 Å². The minimum absolute atomic E-state index is 0.250. The van der Waals surface area contributed by atoms with E-state index in [1.54, 1.807) is 18.3 Å². The summed E-state index contributed by atoms with van der Waals surface area (Å²) < 4.78 is 5.44. The Morgan fingerprint density at radius 1 is 1.15 bits per heavy atom. The van der Waals surface area contributed by atoms with E-state index in [2.05, 4.69) is 27.0 Å². The third-order valence-electron chi connectivity index (χ3n) is 3.65. The highest BCUT2D eigenvalue weighted by atomic mass is 16.5. The number of nitriles is 1. The first-order valence-electron chi connectivity index (χ1n) is 8.49. The van der Waals surface area contributed by atoms with Gasteiger partial charge in [-0.1, -0.05) is 24.3 Å². The van der Waals surface area contributed by atoms with Gasteiger partial charge < -0.3 is 20.7 Å². The standard InChI is InChI=1S/C19H23N5O2/c1-2-26-14-17-7-4-3-6-16(17)13-24-19(25)23-11-10-22-18-15(12-20)8-5-9-21-18/h3-9H,2,10-11,13-14H2,1H3,(H,21,22)(H2,23,24,25). The molecule has 7 nitrogen and oxygen atoms in total.